The fourth-order valence-corrected chi connectivity index (χ4v) is 2.37. The van der Waals surface area contributed by atoms with Crippen molar-refractivity contribution in [2.24, 2.45) is 13.0 Å². The molecule has 1 heterocycles. The van der Waals surface area contributed by atoms with Crippen molar-refractivity contribution < 1.29 is 5.11 Å². The van der Waals surface area contributed by atoms with Crippen molar-refractivity contribution in [1.82, 2.24) is 9.78 Å². The van der Waals surface area contributed by atoms with E-state index in [2.05, 4.69) is 40.2 Å². The first kappa shape index (κ1) is 15.2. The maximum absolute atomic E-state index is 11.6. The molecule has 0 radical (unpaired) electrons. The van der Waals surface area contributed by atoms with Gasteiger partial charge in [0.1, 0.15) is 4.47 Å². The summed E-state index contributed by atoms with van der Waals surface area (Å²) in [4.78, 5) is 11.6. The topological polar surface area (TPSA) is 67.2 Å². The van der Waals surface area contributed by atoms with Crippen LogP contribution < -0.4 is 10.9 Å². The van der Waals surface area contributed by atoms with E-state index >= 15 is 0 Å². The minimum Gasteiger partial charge on any atom is -0.388 e. The largest absolute Gasteiger partial charge is 0.388 e. The second-order valence-corrected chi connectivity index (χ2v) is 6.04. The van der Waals surface area contributed by atoms with Gasteiger partial charge in [0.05, 0.1) is 17.5 Å². The number of aromatic nitrogens is 2. The molecule has 0 bridgehead atoms. The van der Waals surface area contributed by atoms with Crippen molar-refractivity contribution in [3.05, 3.63) is 21.0 Å². The molecule has 0 saturated heterocycles. The second-order valence-electron chi connectivity index (χ2n) is 5.25. The number of anilines is 1. The van der Waals surface area contributed by atoms with Crippen LogP contribution in [0.4, 0.5) is 5.69 Å². The lowest BCUT2D eigenvalue weighted by atomic mass is 9.94. The highest BCUT2D eigenvalue weighted by molar-refractivity contribution is 9.10. The summed E-state index contributed by atoms with van der Waals surface area (Å²) < 4.78 is 1.68. The maximum atomic E-state index is 11.6. The molecule has 0 aliphatic carbocycles. The van der Waals surface area contributed by atoms with Gasteiger partial charge in [0.2, 0.25) is 0 Å². The third-order valence-corrected chi connectivity index (χ3v) is 3.35. The highest BCUT2D eigenvalue weighted by atomic mass is 79.9. The zero-order valence-electron chi connectivity index (χ0n) is 11.2. The fourth-order valence-electron chi connectivity index (χ4n) is 1.87. The molecule has 1 aromatic heterocycles. The Morgan fingerprint density at radius 2 is 2.22 bits per heavy atom. The summed E-state index contributed by atoms with van der Waals surface area (Å²) >= 11 is 3.23. The zero-order chi connectivity index (χ0) is 13.9. The first-order valence-corrected chi connectivity index (χ1v) is 6.70. The Hall–Kier alpha value is -0.880. The van der Waals surface area contributed by atoms with Gasteiger partial charge in [0, 0.05) is 13.6 Å². The quantitative estimate of drug-likeness (QED) is 0.868. The third kappa shape index (κ3) is 4.10. The predicted molar refractivity (Wildman–Crippen MR) is 75.7 cm³/mol. The van der Waals surface area contributed by atoms with Gasteiger partial charge in [-0.3, -0.25) is 4.79 Å². The van der Waals surface area contributed by atoms with Crippen molar-refractivity contribution in [2.45, 2.75) is 32.8 Å². The Morgan fingerprint density at radius 3 is 2.78 bits per heavy atom. The Balaban J connectivity index is 2.75. The van der Waals surface area contributed by atoms with Crippen molar-refractivity contribution in [3.63, 3.8) is 0 Å². The predicted octanol–water partition coefficient (Wildman–Crippen LogP) is 1.75. The highest BCUT2D eigenvalue weighted by Crippen LogP contribution is 2.20. The number of aliphatic hydroxyl groups is 1. The van der Waals surface area contributed by atoms with E-state index in [0.29, 0.717) is 29.0 Å². The molecule has 0 saturated carbocycles. The summed E-state index contributed by atoms with van der Waals surface area (Å²) in [6.07, 6.45) is 2.26. The van der Waals surface area contributed by atoms with Crippen molar-refractivity contribution in [3.8, 4) is 0 Å². The molecular weight excluding hydrogens is 298 g/mol. The molecule has 1 rings (SSSR count). The van der Waals surface area contributed by atoms with Gasteiger partial charge in [0.15, 0.2) is 0 Å². The van der Waals surface area contributed by atoms with Gasteiger partial charge >= 0.3 is 0 Å². The molecule has 1 aromatic rings. The van der Waals surface area contributed by atoms with Crippen molar-refractivity contribution in [2.75, 3.05) is 11.9 Å². The third-order valence-electron chi connectivity index (χ3n) is 2.59. The summed E-state index contributed by atoms with van der Waals surface area (Å²) in [6.45, 7) is 6.27. The molecule has 18 heavy (non-hydrogen) atoms. The van der Waals surface area contributed by atoms with Crippen LogP contribution in [0.3, 0.4) is 0 Å². The molecule has 2 N–H and O–H groups in total. The van der Waals surface area contributed by atoms with Crippen LogP contribution in [0.5, 0.6) is 0 Å². The molecule has 0 aromatic carbocycles. The van der Waals surface area contributed by atoms with Gasteiger partial charge in [-0.25, -0.2) is 4.68 Å². The molecule has 0 spiro atoms. The highest BCUT2D eigenvalue weighted by Gasteiger charge is 2.22. The molecule has 5 nitrogen and oxygen atoms in total. The summed E-state index contributed by atoms with van der Waals surface area (Å²) in [5, 5.41) is 17.2. The number of hydrogen-bond acceptors (Lipinski definition) is 4. The number of aryl methyl sites for hydroxylation is 1. The van der Waals surface area contributed by atoms with Crippen LogP contribution in [-0.4, -0.2) is 27.0 Å². The first-order chi connectivity index (χ1) is 8.23. The molecule has 6 heteroatoms. The molecular formula is C12H20BrN3O2. The van der Waals surface area contributed by atoms with E-state index in [1.807, 2.05) is 0 Å². The van der Waals surface area contributed by atoms with Gasteiger partial charge in [-0.05, 0) is 35.2 Å². The van der Waals surface area contributed by atoms with E-state index < -0.39 is 5.60 Å². The lowest BCUT2D eigenvalue weighted by molar-refractivity contribution is 0.0515. The second kappa shape index (κ2) is 5.84. The summed E-state index contributed by atoms with van der Waals surface area (Å²) in [5.74, 6) is 0.409. The molecule has 0 aliphatic heterocycles. The monoisotopic (exact) mass is 317 g/mol. The lowest BCUT2D eigenvalue weighted by Gasteiger charge is -2.26. The maximum Gasteiger partial charge on any atom is 0.282 e. The average Bonchev–Trinajstić information content (AvgIpc) is 2.23. The smallest absolute Gasteiger partial charge is 0.282 e. The van der Waals surface area contributed by atoms with Gasteiger partial charge < -0.3 is 10.4 Å². The number of hydrogen-bond donors (Lipinski definition) is 2. The number of nitrogens with one attached hydrogen (secondary N) is 1. The van der Waals surface area contributed by atoms with Gasteiger partial charge in [0.25, 0.3) is 5.56 Å². The summed E-state index contributed by atoms with van der Waals surface area (Å²) in [5.41, 5.74) is -0.417. The van der Waals surface area contributed by atoms with Crippen LogP contribution in [0.15, 0.2) is 15.5 Å². The fraction of sp³-hybridized carbons (Fsp3) is 0.667. The number of nitrogens with zero attached hydrogens (tertiary/aromatic N) is 2. The van der Waals surface area contributed by atoms with E-state index in [4.69, 9.17) is 0 Å². The van der Waals surface area contributed by atoms with Crippen LogP contribution in [0, 0.1) is 5.92 Å². The van der Waals surface area contributed by atoms with Gasteiger partial charge in [-0.15, -0.1) is 0 Å². The van der Waals surface area contributed by atoms with Gasteiger partial charge in [-0.2, -0.15) is 5.10 Å². The molecule has 102 valence electrons. The van der Waals surface area contributed by atoms with Crippen LogP contribution in [0.2, 0.25) is 0 Å². The number of halogens is 1. The lowest BCUT2D eigenvalue weighted by Crippen LogP contribution is -2.35. The average molecular weight is 318 g/mol. The molecule has 1 unspecified atom stereocenters. The zero-order valence-corrected chi connectivity index (χ0v) is 12.8. The Kier molecular flexibility index (Phi) is 4.92. The SMILES string of the molecule is CC(C)CC(C)(O)CNc1cnn(C)c(=O)c1Br. The van der Waals surface area contributed by atoms with Crippen LogP contribution in [-0.2, 0) is 7.05 Å². The Labute approximate surface area is 115 Å². The van der Waals surface area contributed by atoms with Crippen molar-refractivity contribution >= 4 is 21.6 Å². The minimum absolute atomic E-state index is 0.205. The normalized spacial score (nSPS) is 14.6. The van der Waals surface area contributed by atoms with E-state index in [9.17, 15) is 9.90 Å². The Bertz CT molecular complexity index is 469. The molecule has 0 amide bonds. The van der Waals surface area contributed by atoms with Crippen molar-refractivity contribution in [1.29, 1.82) is 0 Å². The van der Waals surface area contributed by atoms with Gasteiger partial charge in [-0.1, -0.05) is 13.8 Å². The van der Waals surface area contributed by atoms with Crippen LogP contribution >= 0.6 is 15.9 Å². The molecule has 1 atom stereocenters. The van der Waals surface area contributed by atoms with Crippen LogP contribution in [0.25, 0.3) is 0 Å². The summed E-state index contributed by atoms with van der Waals surface area (Å²) in [7, 11) is 1.59. The van der Waals surface area contributed by atoms with E-state index in [-0.39, 0.29) is 5.56 Å². The molecule has 0 aliphatic rings. The van der Waals surface area contributed by atoms with E-state index in [0.717, 1.165) is 0 Å². The molecule has 0 fully saturated rings. The Morgan fingerprint density at radius 1 is 1.61 bits per heavy atom. The first-order valence-electron chi connectivity index (χ1n) is 5.91. The number of rotatable bonds is 5. The van der Waals surface area contributed by atoms with E-state index in [1.165, 1.54) is 4.68 Å². The standard InChI is InChI=1S/C12H20BrN3O2/c1-8(2)5-12(3,18)7-14-9-6-15-16(4)11(17)10(9)13/h6,8,14,18H,5,7H2,1-4H3. The minimum atomic E-state index is -0.811. The van der Waals surface area contributed by atoms with Crippen LogP contribution in [0.1, 0.15) is 27.2 Å². The van der Waals surface area contributed by atoms with E-state index in [1.54, 1.807) is 20.2 Å². The summed E-state index contributed by atoms with van der Waals surface area (Å²) in [6, 6.07) is 0.